The molecule has 4 rings (SSSR count). The number of aromatic nitrogens is 1. The summed E-state index contributed by atoms with van der Waals surface area (Å²) in [6.07, 6.45) is 0. The van der Waals surface area contributed by atoms with Crippen LogP contribution in [0.25, 0.3) is 32.5 Å². The Hall–Kier alpha value is -2.89. The minimum absolute atomic E-state index is 0.0902. The SMILES string of the molecule is CC.CC.COCCOc1ccccc1-c1[nH]c(=O)c2ccsc2c1-c1ccccc1. The van der Waals surface area contributed by atoms with Gasteiger partial charge in [-0.15, -0.1) is 11.3 Å². The number of benzene rings is 2. The second kappa shape index (κ2) is 12.7. The van der Waals surface area contributed by atoms with Crippen LogP contribution in [-0.2, 0) is 4.74 Å². The Labute approximate surface area is 188 Å². The molecule has 4 aromatic rings. The van der Waals surface area contributed by atoms with Crippen molar-refractivity contribution in [1.29, 1.82) is 0 Å². The zero-order chi connectivity index (χ0) is 22.6. The second-order valence-electron chi connectivity index (χ2n) is 6.07. The van der Waals surface area contributed by atoms with Crippen molar-refractivity contribution in [3.8, 4) is 28.1 Å². The lowest BCUT2D eigenvalue weighted by atomic mass is 9.98. The van der Waals surface area contributed by atoms with Crippen LogP contribution in [0.15, 0.2) is 70.8 Å². The molecule has 2 heterocycles. The number of ether oxygens (including phenoxy) is 2. The number of methoxy groups -OCH3 is 1. The van der Waals surface area contributed by atoms with E-state index < -0.39 is 0 Å². The maximum absolute atomic E-state index is 12.7. The van der Waals surface area contributed by atoms with Gasteiger partial charge in [-0.2, -0.15) is 0 Å². The first kappa shape index (κ1) is 24.4. The van der Waals surface area contributed by atoms with E-state index >= 15 is 0 Å². The quantitative estimate of drug-likeness (QED) is 0.330. The smallest absolute Gasteiger partial charge is 0.257 e. The Bertz CT molecular complexity index is 1120. The summed E-state index contributed by atoms with van der Waals surface area (Å²) in [6, 6.07) is 19.7. The molecule has 0 fully saturated rings. The number of para-hydroxylation sites is 1. The van der Waals surface area contributed by atoms with E-state index in [2.05, 4.69) is 17.1 Å². The zero-order valence-electron chi connectivity index (χ0n) is 18.9. The van der Waals surface area contributed by atoms with E-state index in [1.165, 1.54) is 0 Å². The van der Waals surface area contributed by atoms with Gasteiger partial charge in [0.25, 0.3) is 5.56 Å². The third-order valence-electron chi connectivity index (χ3n) is 4.39. The van der Waals surface area contributed by atoms with Gasteiger partial charge >= 0.3 is 0 Å². The number of pyridine rings is 1. The van der Waals surface area contributed by atoms with Crippen molar-refractivity contribution in [2.24, 2.45) is 0 Å². The minimum Gasteiger partial charge on any atom is -0.490 e. The van der Waals surface area contributed by atoms with Gasteiger partial charge in [0.2, 0.25) is 0 Å². The van der Waals surface area contributed by atoms with Crippen LogP contribution in [0.2, 0.25) is 0 Å². The lowest BCUT2D eigenvalue weighted by Gasteiger charge is -2.15. The van der Waals surface area contributed by atoms with Gasteiger partial charge in [0, 0.05) is 22.9 Å². The van der Waals surface area contributed by atoms with Gasteiger partial charge < -0.3 is 14.5 Å². The van der Waals surface area contributed by atoms with Crippen molar-refractivity contribution < 1.29 is 9.47 Å². The Kier molecular flexibility index (Phi) is 10.0. The molecule has 0 aliphatic carbocycles. The van der Waals surface area contributed by atoms with Crippen molar-refractivity contribution in [2.45, 2.75) is 27.7 Å². The first-order valence-electron chi connectivity index (χ1n) is 10.7. The van der Waals surface area contributed by atoms with Crippen molar-refractivity contribution >= 4 is 21.4 Å². The van der Waals surface area contributed by atoms with Crippen LogP contribution in [0.5, 0.6) is 5.75 Å². The first-order valence-corrected chi connectivity index (χ1v) is 11.6. The molecule has 0 unspecified atom stereocenters. The highest BCUT2D eigenvalue weighted by atomic mass is 32.1. The Balaban J connectivity index is 0.000000807. The lowest BCUT2D eigenvalue weighted by Crippen LogP contribution is -2.09. The Morgan fingerprint density at radius 2 is 1.55 bits per heavy atom. The van der Waals surface area contributed by atoms with Gasteiger partial charge in [-0.05, 0) is 29.1 Å². The van der Waals surface area contributed by atoms with Crippen molar-refractivity contribution in [3.05, 3.63) is 76.4 Å². The van der Waals surface area contributed by atoms with Crippen molar-refractivity contribution in [2.75, 3.05) is 20.3 Å². The molecule has 1 N–H and O–H groups in total. The number of hydrogen-bond donors (Lipinski definition) is 1. The predicted octanol–water partition coefficient (Wildman–Crippen LogP) is 7.00. The van der Waals surface area contributed by atoms with Crippen LogP contribution in [0.4, 0.5) is 0 Å². The van der Waals surface area contributed by atoms with E-state index in [-0.39, 0.29) is 5.56 Å². The van der Waals surface area contributed by atoms with E-state index in [0.717, 1.165) is 32.8 Å². The van der Waals surface area contributed by atoms with Gasteiger partial charge in [0.15, 0.2) is 0 Å². The summed E-state index contributed by atoms with van der Waals surface area (Å²) in [5.74, 6) is 0.721. The van der Waals surface area contributed by atoms with Crippen LogP contribution < -0.4 is 10.3 Å². The topological polar surface area (TPSA) is 51.3 Å². The number of rotatable bonds is 6. The van der Waals surface area contributed by atoms with E-state index in [1.54, 1.807) is 18.4 Å². The van der Waals surface area contributed by atoms with Gasteiger partial charge in [-0.25, -0.2) is 0 Å². The predicted molar refractivity (Wildman–Crippen MR) is 133 cm³/mol. The third-order valence-corrected chi connectivity index (χ3v) is 5.32. The molecule has 31 heavy (non-hydrogen) atoms. The number of H-pyrrole nitrogens is 1. The maximum Gasteiger partial charge on any atom is 0.257 e. The Morgan fingerprint density at radius 3 is 2.26 bits per heavy atom. The average molecular weight is 438 g/mol. The molecule has 5 heteroatoms. The summed E-state index contributed by atoms with van der Waals surface area (Å²) in [6.45, 7) is 8.94. The molecule has 0 aliphatic heterocycles. The van der Waals surface area contributed by atoms with E-state index in [0.29, 0.717) is 18.6 Å². The highest BCUT2D eigenvalue weighted by Gasteiger charge is 2.18. The molecular weight excluding hydrogens is 406 g/mol. The molecule has 164 valence electrons. The molecule has 0 bridgehead atoms. The highest BCUT2D eigenvalue weighted by molar-refractivity contribution is 7.17. The fraction of sp³-hybridized carbons (Fsp3) is 0.269. The fourth-order valence-corrected chi connectivity index (χ4v) is 4.12. The number of fused-ring (bicyclic) bond motifs is 1. The highest BCUT2D eigenvalue weighted by Crippen LogP contribution is 2.40. The molecule has 0 saturated heterocycles. The van der Waals surface area contributed by atoms with Crippen LogP contribution in [0.3, 0.4) is 0 Å². The van der Waals surface area contributed by atoms with Crippen LogP contribution >= 0.6 is 11.3 Å². The van der Waals surface area contributed by atoms with Crippen molar-refractivity contribution in [3.63, 3.8) is 0 Å². The van der Waals surface area contributed by atoms with Crippen LogP contribution in [0, 0.1) is 0 Å². The standard InChI is InChI=1S/C22H19NO3S.2C2H6/c1-25-12-13-26-18-10-6-5-9-16(18)20-19(15-7-3-2-4-8-15)21-17(11-14-27-21)22(24)23-20;2*1-2/h2-11,14H,12-13H2,1H3,(H,23,24);2*1-2H3. The van der Waals surface area contributed by atoms with Crippen LogP contribution in [0.1, 0.15) is 27.7 Å². The summed E-state index contributed by atoms with van der Waals surface area (Å²) in [5.41, 5.74) is 3.62. The second-order valence-corrected chi connectivity index (χ2v) is 6.99. The van der Waals surface area contributed by atoms with Gasteiger partial charge in [-0.1, -0.05) is 70.2 Å². The molecular formula is C26H31NO3S. The Morgan fingerprint density at radius 1 is 0.871 bits per heavy atom. The average Bonchev–Trinajstić information content (AvgIpc) is 3.33. The summed E-state index contributed by atoms with van der Waals surface area (Å²) >= 11 is 1.58. The monoisotopic (exact) mass is 437 g/mol. The van der Waals surface area contributed by atoms with Crippen molar-refractivity contribution in [1.82, 2.24) is 4.98 Å². The minimum atomic E-state index is -0.0902. The zero-order valence-corrected chi connectivity index (χ0v) is 19.7. The van der Waals surface area contributed by atoms with E-state index in [1.807, 2.05) is 81.6 Å². The third kappa shape index (κ3) is 5.63. The molecule has 0 aliphatic rings. The van der Waals surface area contributed by atoms with Gasteiger partial charge in [-0.3, -0.25) is 4.79 Å². The van der Waals surface area contributed by atoms with Gasteiger partial charge in [0.1, 0.15) is 12.4 Å². The van der Waals surface area contributed by atoms with Gasteiger partial charge in [0.05, 0.1) is 17.7 Å². The molecule has 0 atom stereocenters. The molecule has 0 saturated carbocycles. The number of nitrogens with one attached hydrogen (secondary N) is 1. The number of thiophene rings is 1. The number of hydrogen-bond acceptors (Lipinski definition) is 4. The normalized spacial score (nSPS) is 9.97. The van der Waals surface area contributed by atoms with Crippen LogP contribution in [-0.4, -0.2) is 25.3 Å². The summed E-state index contributed by atoms with van der Waals surface area (Å²) in [5, 5.41) is 2.66. The molecule has 0 amide bonds. The molecule has 2 aromatic carbocycles. The molecule has 4 nitrogen and oxygen atoms in total. The fourth-order valence-electron chi connectivity index (χ4n) is 3.15. The molecule has 0 spiro atoms. The summed E-state index contributed by atoms with van der Waals surface area (Å²) < 4.78 is 12.0. The summed E-state index contributed by atoms with van der Waals surface area (Å²) in [7, 11) is 1.64. The molecule has 2 aromatic heterocycles. The first-order chi connectivity index (χ1) is 15.3. The van der Waals surface area contributed by atoms with E-state index in [9.17, 15) is 4.79 Å². The molecule has 0 radical (unpaired) electrons. The summed E-state index contributed by atoms with van der Waals surface area (Å²) in [4.78, 5) is 15.8. The number of aromatic amines is 1. The largest absolute Gasteiger partial charge is 0.490 e. The maximum atomic E-state index is 12.7. The lowest BCUT2D eigenvalue weighted by molar-refractivity contribution is 0.146. The van der Waals surface area contributed by atoms with E-state index in [4.69, 9.17) is 9.47 Å².